The van der Waals surface area contributed by atoms with Gasteiger partial charge in [-0.05, 0) is 17.7 Å². The van der Waals surface area contributed by atoms with Crippen LogP contribution in [0.4, 0.5) is 5.69 Å². The number of nitrogens with one attached hydrogen (secondary N) is 1. The lowest BCUT2D eigenvalue weighted by atomic mass is 10.1. The molecule has 0 heterocycles. The van der Waals surface area contributed by atoms with Crippen LogP contribution in [0.5, 0.6) is 0 Å². The molecule has 5 N–H and O–H groups in total. The van der Waals surface area contributed by atoms with Gasteiger partial charge < -0.3 is 16.8 Å². The predicted molar refractivity (Wildman–Crippen MR) is 77.0 cm³/mol. The van der Waals surface area contributed by atoms with Crippen molar-refractivity contribution < 1.29 is 9.59 Å². The summed E-state index contributed by atoms with van der Waals surface area (Å²) >= 11 is 0. The van der Waals surface area contributed by atoms with Gasteiger partial charge in [-0.25, -0.2) is 0 Å². The lowest BCUT2D eigenvalue weighted by Crippen LogP contribution is -2.28. The zero-order chi connectivity index (χ0) is 14.5. The largest absolute Gasteiger partial charge is 0.366 e. The maximum atomic E-state index is 12.1. The molecule has 102 valence electrons. The Morgan fingerprint density at radius 3 is 2.20 bits per heavy atom. The van der Waals surface area contributed by atoms with Gasteiger partial charge in [0, 0.05) is 0 Å². The minimum Gasteiger partial charge on any atom is -0.366 e. The van der Waals surface area contributed by atoms with Crippen molar-refractivity contribution in [3.8, 4) is 0 Å². The van der Waals surface area contributed by atoms with Crippen molar-refractivity contribution in [2.24, 2.45) is 11.5 Å². The highest BCUT2D eigenvalue weighted by Gasteiger charge is 2.17. The standard InChI is InChI=1S/C15H15N3O2/c16-13(10-6-2-1-3-7-10)15(20)18-12-9-5-4-8-11(12)14(17)19/h1-9,13H,16H2,(H2,17,19)(H,18,20)/t13-/m0/s1. The molecular weight excluding hydrogens is 254 g/mol. The van der Waals surface area contributed by atoms with Crippen LogP contribution in [-0.4, -0.2) is 11.8 Å². The molecule has 5 nitrogen and oxygen atoms in total. The van der Waals surface area contributed by atoms with E-state index in [4.69, 9.17) is 11.5 Å². The summed E-state index contributed by atoms with van der Waals surface area (Å²) in [6.07, 6.45) is 0. The highest BCUT2D eigenvalue weighted by Crippen LogP contribution is 2.17. The first kappa shape index (κ1) is 13.8. The number of carbonyl (C=O) groups excluding carboxylic acids is 2. The average molecular weight is 269 g/mol. The third kappa shape index (κ3) is 3.02. The minimum absolute atomic E-state index is 0.251. The Kier molecular flexibility index (Phi) is 4.12. The number of benzene rings is 2. The van der Waals surface area contributed by atoms with Gasteiger partial charge in [0.25, 0.3) is 5.91 Å². The van der Waals surface area contributed by atoms with E-state index in [0.29, 0.717) is 11.3 Å². The van der Waals surface area contributed by atoms with Crippen LogP contribution in [0.25, 0.3) is 0 Å². The molecule has 2 aromatic carbocycles. The van der Waals surface area contributed by atoms with E-state index in [9.17, 15) is 9.59 Å². The van der Waals surface area contributed by atoms with Gasteiger partial charge in [0.15, 0.2) is 0 Å². The van der Waals surface area contributed by atoms with E-state index in [1.165, 1.54) is 0 Å². The van der Waals surface area contributed by atoms with Crippen molar-refractivity contribution in [3.63, 3.8) is 0 Å². The van der Waals surface area contributed by atoms with Crippen molar-refractivity contribution in [2.75, 3.05) is 5.32 Å². The number of amides is 2. The van der Waals surface area contributed by atoms with Gasteiger partial charge in [-0.2, -0.15) is 0 Å². The van der Waals surface area contributed by atoms with Crippen LogP contribution in [0.1, 0.15) is 22.0 Å². The molecule has 2 amide bonds. The first-order chi connectivity index (χ1) is 9.59. The zero-order valence-electron chi connectivity index (χ0n) is 10.7. The summed E-state index contributed by atoms with van der Waals surface area (Å²) in [5.41, 5.74) is 12.4. The smallest absolute Gasteiger partial charge is 0.250 e. The van der Waals surface area contributed by atoms with Crippen molar-refractivity contribution in [1.82, 2.24) is 0 Å². The monoisotopic (exact) mass is 269 g/mol. The third-order valence-corrected chi connectivity index (χ3v) is 2.89. The van der Waals surface area contributed by atoms with Gasteiger partial charge in [-0.1, -0.05) is 42.5 Å². The Morgan fingerprint density at radius 2 is 1.55 bits per heavy atom. The molecule has 2 rings (SSSR count). The van der Waals surface area contributed by atoms with E-state index in [1.54, 1.807) is 48.5 Å². The Morgan fingerprint density at radius 1 is 0.950 bits per heavy atom. The molecule has 0 aliphatic carbocycles. The molecule has 2 aromatic rings. The first-order valence-corrected chi connectivity index (χ1v) is 6.10. The summed E-state index contributed by atoms with van der Waals surface area (Å²) in [7, 11) is 0. The Hall–Kier alpha value is -2.66. The topological polar surface area (TPSA) is 98.2 Å². The van der Waals surface area contributed by atoms with Crippen molar-refractivity contribution >= 4 is 17.5 Å². The summed E-state index contributed by atoms with van der Waals surface area (Å²) in [6, 6.07) is 14.7. The fraction of sp³-hybridized carbons (Fsp3) is 0.0667. The number of anilines is 1. The average Bonchev–Trinajstić information content (AvgIpc) is 2.47. The maximum Gasteiger partial charge on any atom is 0.250 e. The third-order valence-electron chi connectivity index (χ3n) is 2.89. The number of nitrogens with two attached hydrogens (primary N) is 2. The van der Waals surface area contributed by atoms with Crippen molar-refractivity contribution in [3.05, 3.63) is 65.7 Å². The van der Waals surface area contributed by atoms with Crippen LogP contribution in [0.3, 0.4) is 0 Å². The highest BCUT2D eigenvalue weighted by atomic mass is 16.2. The number of primary amides is 1. The van der Waals surface area contributed by atoms with E-state index in [-0.39, 0.29) is 5.56 Å². The molecule has 20 heavy (non-hydrogen) atoms. The summed E-state index contributed by atoms with van der Waals surface area (Å²) in [5.74, 6) is -1.00. The quantitative estimate of drug-likeness (QED) is 0.782. The number of hydrogen-bond donors (Lipinski definition) is 3. The molecular formula is C15H15N3O2. The van der Waals surface area contributed by atoms with Crippen LogP contribution < -0.4 is 16.8 Å². The summed E-state index contributed by atoms with van der Waals surface area (Å²) in [4.78, 5) is 23.4. The fourth-order valence-corrected chi connectivity index (χ4v) is 1.83. The van der Waals surface area contributed by atoms with Crippen LogP contribution in [0.2, 0.25) is 0 Å². The van der Waals surface area contributed by atoms with Gasteiger partial charge in [0.2, 0.25) is 5.91 Å². The highest BCUT2D eigenvalue weighted by molar-refractivity contribution is 6.04. The normalized spacial score (nSPS) is 11.7. The van der Waals surface area contributed by atoms with Crippen LogP contribution in [0.15, 0.2) is 54.6 Å². The Balaban J connectivity index is 2.18. The van der Waals surface area contributed by atoms with Gasteiger partial charge in [-0.3, -0.25) is 9.59 Å². The molecule has 0 aliphatic rings. The second-order valence-corrected chi connectivity index (χ2v) is 4.29. The Bertz CT molecular complexity index is 626. The molecule has 0 spiro atoms. The molecule has 5 heteroatoms. The molecule has 0 unspecified atom stereocenters. The van der Waals surface area contributed by atoms with E-state index >= 15 is 0 Å². The van der Waals surface area contributed by atoms with Crippen LogP contribution in [0, 0.1) is 0 Å². The second-order valence-electron chi connectivity index (χ2n) is 4.29. The molecule has 0 fully saturated rings. The zero-order valence-corrected chi connectivity index (χ0v) is 10.7. The van der Waals surface area contributed by atoms with Crippen LogP contribution in [-0.2, 0) is 4.79 Å². The first-order valence-electron chi connectivity index (χ1n) is 6.10. The molecule has 1 atom stereocenters. The summed E-state index contributed by atoms with van der Waals surface area (Å²) in [6.45, 7) is 0. The lowest BCUT2D eigenvalue weighted by molar-refractivity contribution is -0.117. The van der Waals surface area contributed by atoms with Crippen molar-refractivity contribution in [2.45, 2.75) is 6.04 Å². The molecule has 0 saturated heterocycles. The number of rotatable bonds is 4. The molecule has 0 bridgehead atoms. The number of para-hydroxylation sites is 1. The summed E-state index contributed by atoms with van der Waals surface area (Å²) < 4.78 is 0. The maximum absolute atomic E-state index is 12.1. The van der Waals surface area contributed by atoms with Crippen molar-refractivity contribution in [1.29, 1.82) is 0 Å². The van der Waals surface area contributed by atoms with E-state index in [2.05, 4.69) is 5.32 Å². The van der Waals surface area contributed by atoms with E-state index < -0.39 is 17.9 Å². The fourth-order valence-electron chi connectivity index (χ4n) is 1.83. The van der Waals surface area contributed by atoms with E-state index in [1.807, 2.05) is 6.07 Å². The number of hydrogen-bond acceptors (Lipinski definition) is 3. The number of carbonyl (C=O) groups is 2. The molecule has 0 aliphatic heterocycles. The lowest BCUT2D eigenvalue weighted by Gasteiger charge is -2.14. The van der Waals surface area contributed by atoms with E-state index in [0.717, 1.165) is 0 Å². The summed E-state index contributed by atoms with van der Waals surface area (Å²) in [5, 5.41) is 2.63. The van der Waals surface area contributed by atoms with Gasteiger partial charge in [0.1, 0.15) is 6.04 Å². The van der Waals surface area contributed by atoms with Gasteiger partial charge >= 0.3 is 0 Å². The second kappa shape index (κ2) is 5.99. The predicted octanol–water partition coefficient (Wildman–Crippen LogP) is 1.42. The molecule has 0 radical (unpaired) electrons. The van der Waals surface area contributed by atoms with Crippen LogP contribution >= 0.6 is 0 Å². The Labute approximate surface area is 116 Å². The molecule has 0 aromatic heterocycles. The minimum atomic E-state index is -0.808. The van der Waals surface area contributed by atoms with Gasteiger partial charge in [0.05, 0.1) is 11.3 Å². The molecule has 0 saturated carbocycles. The van der Waals surface area contributed by atoms with Gasteiger partial charge in [-0.15, -0.1) is 0 Å². The SMILES string of the molecule is NC(=O)c1ccccc1NC(=O)[C@@H](N)c1ccccc1.